The van der Waals surface area contributed by atoms with Crippen LogP contribution in [0.15, 0.2) is 78.8 Å². The third-order valence-corrected chi connectivity index (χ3v) is 5.25. The molecule has 7 heteroatoms. The lowest BCUT2D eigenvalue weighted by atomic mass is 10.2. The first kappa shape index (κ1) is 16.6. The molecule has 1 aromatic carbocycles. The largest absolute Gasteiger partial charge is 0.365 e. The van der Waals surface area contributed by atoms with E-state index in [1.54, 1.807) is 23.9 Å². The average Bonchev–Trinajstić information content (AvgIpc) is 3.46. The van der Waals surface area contributed by atoms with Gasteiger partial charge in [0.05, 0.1) is 10.4 Å². The number of imidazole rings is 1. The maximum atomic E-state index is 4.79. The van der Waals surface area contributed by atoms with Crippen molar-refractivity contribution in [1.82, 2.24) is 24.5 Å². The summed E-state index contributed by atoms with van der Waals surface area (Å²) in [6, 6.07) is 16.2. The quantitative estimate of drug-likeness (QED) is 0.481. The molecule has 136 valence electrons. The molecule has 0 saturated carbocycles. The molecule has 4 aromatic heterocycles. The van der Waals surface area contributed by atoms with E-state index >= 15 is 0 Å². The third-order valence-electron chi connectivity index (χ3n) is 4.38. The number of thiophene rings is 1. The Kier molecular flexibility index (Phi) is 4.27. The van der Waals surface area contributed by atoms with Crippen LogP contribution in [0.5, 0.6) is 0 Å². The molecule has 1 N–H and O–H groups in total. The second kappa shape index (κ2) is 7.21. The Bertz CT molecular complexity index is 1220. The fourth-order valence-corrected chi connectivity index (χ4v) is 3.68. The molecule has 0 aliphatic carbocycles. The summed E-state index contributed by atoms with van der Waals surface area (Å²) in [7, 11) is 0. The van der Waals surface area contributed by atoms with Crippen LogP contribution in [0.4, 0.5) is 5.82 Å². The van der Waals surface area contributed by atoms with Gasteiger partial charge in [-0.1, -0.05) is 18.2 Å². The van der Waals surface area contributed by atoms with E-state index in [0.717, 1.165) is 38.8 Å². The van der Waals surface area contributed by atoms with Crippen molar-refractivity contribution in [3.05, 3.63) is 84.4 Å². The van der Waals surface area contributed by atoms with Crippen LogP contribution < -0.4 is 5.32 Å². The van der Waals surface area contributed by atoms with Crippen LogP contribution in [-0.2, 0) is 6.54 Å². The Morgan fingerprint density at radius 1 is 1.00 bits per heavy atom. The zero-order chi connectivity index (χ0) is 18.8. The predicted octanol–water partition coefficient (Wildman–Crippen LogP) is 4.55. The Hall–Kier alpha value is -3.58. The highest BCUT2D eigenvalue weighted by Gasteiger charge is 2.10. The smallest absolute Gasteiger partial charge is 0.172 e. The SMILES string of the molecule is c1csc(-c2nc(NCc3ccnc(-n4ccnc4)c3)c3ccccc3n2)c1. The van der Waals surface area contributed by atoms with Gasteiger partial charge >= 0.3 is 0 Å². The monoisotopic (exact) mass is 384 g/mol. The van der Waals surface area contributed by atoms with Crippen LogP contribution >= 0.6 is 11.3 Å². The minimum Gasteiger partial charge on any atom is -0.365 e. The summed E-state index contributed by atoms with van der Waals surface area (Å²) in [5, 5.41) is 6.52. The molecule has 0 aliphatic rings. The fourth-order valence-electron chi connectivity index (χ4n) is 3.02. The summed E-state index contributed by atoms with van der Waals surface area (Å²) in [6.45, 7) is 0.634. The highest BCUT2D eigenvalue weighted by molar-refractivity contribution is 7.13. The Morgan fingerprint density at radius 2 is 1.96 bits per heavy atom. The number of rotatable bonds is 5. The van der Waals surface area contributed by atoms with Crippen molar-refractivity contribution in [3.8, 4) is 16.5 Å². The van der Waals surface area contributed by atoms with Crippen molar-refractivity contribution >= 4 is 28.1 Å². The number of aromatic nitrogens is 5. The number of nitrogens with one attached hydrogen (secondary N) is 1. The molecular weight excluding hydrogens is 368 g/mol. The molecule has 0 atom stereocenters. The minimum absolute atomic E-state index is 0.634. The maximum Gasteiger partial charge on any atom is 0.172 e. The first-order valence-corrected chi connectivity index (χ1v) is 9.72. The second-order valence-electron chi connectivity index (χ2n) is 6.24. The average molecular weight is 384 g/mol. The van der Waals surface area contributed by atoms with Gasteiger partial charge in [0.2, 0.25) is 0 Å². The van der Waals surface area contributed by atoms with Crippen LogP contribution in [-0.4, -0.2) is 24.5 Å². The summed E-state index contributed by atoms with van der Waals surface area (Å²) in [5.74, 6) is 2.41. The van der Waals surface area contributed by atoms with Gasteiger partial charge in [-0.25, -0.2) is 19.9 Å². The summed E-state index contributed by atoms with van der Waals surface area (Å²) in [6.07, 6.45) is 7.17. The molecule has 0 amide bonds. The van der Waals surface area contributed by atoms with Gasteiger partial charge in [-0.3, -0.25) is 4.57 Å². The van der Waals surface area contributed by atoms with Gasteiger partial charge in [-0.15, -0.1) is 11.3 Å². The maximum absolute atomic E-state index is 4.79. The number of para-hydroxylation sites is 1. The molecule has 0 aliphatic heterocycles. The highest BCUT2D eigenvalue weighted by Crippen LogP contribution is 2.27. The standard InChI is InChI=1S/C21H16N6S/c1-2-5-17-16(4-1)20(26-21(25-17)18-6-3-11-28-18)24-13-15-7-8-23-19(12-15)27-10-9-22-14-27/h1-12,14H,13H2,(H,24,25,26). The molecule has 5 rings (SSSR count). The summed E-state index contributed by atoms with van der Waals surface area (Å²) in [4.78, 5) is 19.1. The summed E-state index contributed by atoms with van der Waals surface area (Å²) < 4.78 is 1.89. The van der Waals surface area contributed by atoms with Crippen LogP contribution in [0.3, 0.4) is 0 Å². The van der Waals surface area contributed by atoms with Gasteiger partial charge in [0.15, 0.2) is 5.82 Å². The molecule has 0 fully saturated rings. The molecule has 4 heterocycles. The molecule has 0 radical (unpaired) electrons. The first-order valence-electron chi connectivity index (χ1n) is 8.84. The third kappa shape index (κ3) is 3.23. The molecule has 28 heavy (non-hydrogen) atoms. The van der Waals surface area contributed by atoms with E-state index in [1.807, 2.05) is 70.9 Å². The Labute approximate surface area is 165 Å². The normalized spacial score (nSPS) is 11.0. The number of anilines is 1. The zero-order valence-corrected chi connectivity index (χ0v) is 15.7. The van der Waals surface area contributed by atoms with Gasteiger partial charge in [0.1, 0.15) is 18.0 Å². The van der Waals surface area contributed by atoms with Crippen molar-refractivity contribution in [2.75, 3.05) is 5.32 Å². The number of hydrogen-bond acceptors (Lipinski definition) is 6. The van der Waals surface area contributed by atoms with E-state index < -0.39 is 0 Å². The summed E-state index contributed by atoms with van der Waals surface area (Å²) in [5.41, 5.74) is 2.04. The minimum atomic E-state index is 0.634. The highest BCUT2D eigenvalue weighted by atomic mass is 32.1. The van der Waals surface area contributed by atoms with Crippen molar-refractivity contribution < 1.29 is 0 Å². The van der Waals surface area contributed by atoms with E-state index in [4.69, 9.17) is 9.97 Å². The van der Waals surface area contributed by atoms with Gasteiger partial charge in [-0.05, 0) is 41.3 Å². The molecule has 0 bridgehead atoms. The number of hydrogen-bond donors (Lipinski definition) is 1. The summed E-state index contributed by atoms with van der Waals surface area (Å²) >= 11 is 1.64. The number of nitrogens with zero attached hydrogens (tertiary/aromatic N) is 5. The fraction of sp³-hybridized carbons (Fsp3) is 0.0476. The Balaban J connectivity index is 1.47. The van der Waals surface area contributed by atoms with Crippen molar-refractivity contribution in [1.29, 1.82) is 0 Å². The van der Waals surface area contributed by atoms with Gasteiger partial charge < -0.3 is 5.32 Å². The molecular formula is C21H16N6S. The molecule has 0 saturated heterocycles. The van der Waals surface area contributed by atoms with E-state index in [0.29, 0.717) is 6.54 Å². The predicted molar refractivity (Wildman–Crippen MR) is 112 cm³/mol. The first-order chi connectivity index (χ1) is 13.9. The van der Waals surface area contributed by atoms with Crippen molar-refractivity contribution in [2.24, 2.45) is 0 Å². The molecule has 6 nitrogen and oxygen atoms in total. The zero-order valence-electron chi connectivity index (χ0n) is 14.9. The van der Waals surface area contributed by atoms with Crippen LogP contribution in [0, 0.1) is 0 Å². The number of pyridine rings is 1. The topological polar surface area (TPSA) is 68.5 Å². The van der Waals surface area contributed by atoms with Crippen molar-refractivity contribution in [2.45, 2.75) is 6.54 Å². The van der Waals surface area contributed by atoms with Crippen molar-refractivity contribution in [3.63, 3.8) is 0 Å². The molecule has 5 aromatic rings. The molecule has 0 spiro atoms. The van der Waals surface area contributed by atoms with Crippen LogP contribution in [0.2, 0.25) is 0 Å². The molecule has 0 unspecified atom stereocenters. The number of benzene rings is 1. The lowest BCUT2D eigenvalue weighted by Gasteiger charge is -2.11. The van der Waals surface area contributed by atoms with Gasteiger partial charge in [0.25, 0.3) is 0 Å². The second-order valence-corrected chi connectivity index (χ2v) is 7.18. The lowest BCUT2D eigenvalue weighted by molar-refractivity contribution is 0.977. The lowest BCUT2D eigenvalue weighted by Crippen LogP contribution is -2.05. The van der Waals surface area contributed by atoms with Crippen LogP contribution in [0.1, 0.15) is 5.56 Å². The Morgan fingerprint density at radius 3 is 2.82 bits per heavy atom. The van der Waals surface area contributed by atoms with E-state index in [2.05, 4.69) is 15.3 Å². The van der Waals surface area contributed by atoms with Gasteiger partial charge in [0, 0.05) is 30.5 Å². The van der Waals surface area contributed by atoms with E-state index in [-0.39, 0.29) is 0 Å². The van der Waals surface area contributed by atoms with E-state index in [1.165, 1.54) is 0 Å². The van der Waals surface area contributed by atoms with E-state index in [9.17, 15) is 0 Å². The number of fused-ring (bicyclic) bond motifs is 1. The van der Waals surface area contributed by atoms with Crippen LogP contribution in [0.25, 0.3) is 27.4 Å². The van der Waals surface area contributed by atoms with Gasteiger partial charge in [-0.2, -0.15) is 0 Å².